The lowest BCUT2D eigenvalue weighted by atomic mass is 9.98. The predicted octanol–water partition coefficient (Wildman–Crippen LogP) is 2.13. The van der Waals surface area contributed by atoms with Crippen molar-refractivity contribution in [1.29, 1.82) is 0 Å². The van der Waals surface area contributed by atoms with Crippen molar-refractivity contribution in [3.8, 4) is 0 Å². The van der Waals surface area contributed by atoms with E-state index in [1.807, 2.05) is 0 Å². The van der Waals surface area contributed by atoms with Crippen molar-refractivity contribution in [2.45, 2.75) is 52.1 Å². The summed E-state index contributed by atoms with van der Waals surface area (Å²) >= 11 is 5.83. The third-order valence-corrected chi connectivity index (χ3v) is 7.50. The van der Waals surface area contributed by atoms with Gasteiger partial charge in [0.05, 0.1) is 23.5 Å². The molecule has 6 N–H and O–H groups in total. The summed E-state index contributed by atoms with van der Waals surface area (Å²) in [6.45, 7) is 11.9. The third kappa shape index (κ3) is 12.7. The molecule has 13 nitrogen and oxygen atoms in total. The Morgan fingerprint density at radius 1 is 1.07 bits per heavy atom. The molecule has 0 saturated heterocycles. The van der Waals surface area contributed by atoms with Crippen LogP contribution in [0.1, 0.15) is 38.8 Å². The van der Waals surface area contributed by atoms with Gasteiger partial charge in [0.1, 0.15) is 12.1 Å². The van der Waals surface area contributed by atoms with E-state index in [4.69, 9.17) is 22.2 Å². The lowest BCUT2D eigenvalue weighted by Crippen LogP contribution is -2.54. The van der Waals surface area contributed by atoms with Gasteiger partial charge in [-0.25, -0.2) is 22.9 Å². The standard InChI is InChI=1S/C27H37ClN6O7S.C2H4/c1-17(34(5)24(37)22(15-35)33-42(39,40)16-19-6-10-20(28)11-7-19)23(36)30-14-18-8-12-21(13-9-18)31-26(29)32-41-25(38)27(2,3)4;1-2/h6-13,17,22,33,35H,14-16H2,1-5H3,(H,30,36)(H3,29,31,32);1-2H2/t17-,22+;/m0./s1. The monoisotopic (exact) mass is 652 g/mol. The molecule has 0 heterocycles. The quantitative estimate of drug-likeness (QED) is 0.105. The number of aliphatic hydroxyl groups excluding tert-OH is 1. The number of guanidine groups is 1. The van der Waals surface area contributed by atoms with Crippen LogP contribution in [0.5, 0.6) is 0 Å². The topological polar surface area (TPSA) is 193 Å². The molecule has 0 aliphatic heterocycles. The number of benzene rings is 2. The SMILES string of the molecule is C=C.C[C@@H](C(=O)NCc1ccc(N=C(N)NOC(=O)C(C)(C)C)cc1)N(C)C(=O)[C@@H](CO)NS(=O)(=O)Cc1ccc(Cl)cc1. The van der Waals surface area contributed by atoms with Crippen LogP contribution in [0.2, 0.25) is 5.02 Å². The molecule has 2 atom stereocenters. The maximum Gasteiger partial charge on any atom is 0.337 e. The van der Waals surface area contributed by atoms with Crippen LogP contribution < -0.4 is 21.3 Å². The molecule has 2 aromatic rings. The average molecular weight is 653 g/mol. The fourth-order valence-corrected chi connectivity index (χ4v) is 4.73. The van der Waals surface area contributed by atoms with Crippen molar-refractivity contribution < 1.29 is 32.7 Å². The fourth-order valence-electron chi connectivity index (χ4n) is 3.28. The highest BCUT2D eigenvalue weighted by Crippen LogP contribution is 2.16. The molecular weight excluding hydrogens is 612 g/mol. The molecule has 0 radical (unpaired) electrons. The van der Waals surface area contributed by atoms with E-state index in [9.17, 15) is 27.9 Å². The van der Waals surface area contributed by atoms with Gasteiger partial charge in [0.15, 0.2) is 0 Å². The maximum atomic E-state index is 12.9. The minimum absolute atomic E-state index is 0.122. The molecule has 0 aliphatic rings. The molecule has 0 fully saturated rings. The van der Waals surface area contributed by atoms with Crippen LogP contribution in [0, 0.1) is 5.41 Å². The highest BCUT2D eigenvalue weighted by atomic mass is 35.5. The van der Waals surface area contributed by atoms with E-state index in [2.05, 4.69) is 33.7 Å². The first-order valence-corrected chi connectivity index (χ1v) is 15.4. The van der Waals surface area contributed by atoms with Gasteiger partial charge in [-0.15, -0.1) is 13.2 Å². The molecular formula is C29H41ClN6O7S. The zero-order chi connectivity index (χ0) is 33.7. The van der Waals surface area contributed by atoms with E-state index in [1.54, 1.807) is 57.2 Å². The molecule has 2 amide bonds. The Labute approximate surface area is 263 Å². The number of carbonyl (C=O) groups excluding carboxylic acids is 3. The van der Waals surface area contributed by atoms with E-state index < -0.39 is 57.7 Å². The predicted molar refractivity (Wildman–Crippen MR) is 170 cm³/mol. The Morgan fingerprint density at radius 3 is 2.14 bits per heavy atom. The van der Waals surface area contributed by atoms with Gasteiger partial charge < -0.3 is 25.9 Å². The second kappa shape index (κ2) is 17.3. The number of amides is 2. The fraction of sp³-hybridized carbons (Fsp3) is 0.379. The van der Waals surface area contributed by atoms with Crippen LogP contribution >= 0.6 is 11.6 Å². The first-order valence-electron chi connectivity index (χ1n) is 13.3. The molecule has 44 heavy (non-hydrogen) atoms. The average Bonchev–Trinajstić information content (AvgIpc) is 2.98. The number of hydrogen-bond donors (Lipinski definition) is 5. The minimum atomic E-state index is -4.00. The van der Waals surface area contributed by atoms with E-state index in [0.29, 0.717) is 16.3 Å². The Bertz CT molecular complexity index is 1390. The van der Waals surface area contributed by atoms with Crippen molar-refractivity contribution in [2.24, 2.45) is 16.1 Å². The first-order chi connectivity index (χ1) is 20.5. The van der Waals surface area contributed by atoms with Gasteiger partial charge in [-0.1, -0.05) is 35.9 Å². The summed E-state index contributed by atoms with van der Waals surface area (Å²) in [6, 6.07) is 10.4. The number of nitrogens with two attached hydrogens (primary N) is 1. The summed E-state index contributed by atoms with van der Waals surface area (Å²) in [5.41, 5.74) is 8.95. The van der Waals surface area contributed by atoms with Crippen LogP contribution in [0.25, 0.3) is 0 Å². The molecule has 0 aromatic heterocycles. The molecule has 15 heteroatoms. The van der Waals surface area contributed by atoms with Gasteiger partial charge in [-0.05, 0) is 63.1 Å². The molecule has 0 bridgehead atoms. The molecule has 242 valence electrons. The molecule has 2 aromatic carbocycles. The number of halogens is 1. The van der Waals surface area contributed by atoms with Crippen molar-refractivity contribution >= 4 is 51.1 Å². The van der Waals surface area contributed by atoms with Gasteiger partial charge in [-0.2, -0.15) is 5.48 Å². The molecule has 2 rings (SSSR count). The van der Waals surface area contributed by atoms with Gasteiger partial charge in [-0.3, -0.25) is 9.59 Å². The number of nitrogens with one attached hydrogen (secondary N) is 3. The zero-order valence-electron chi connectivity index (χ0n) is 25.5. The lowest BCUT2D eigenvalue weighted by Gasteiger charge is -2.28. The van der Waals surface area contributed by atoms with Crippen LogP contribution in [-0.2, 0) is 41.5 Å². The van der Waals surface area contributed by atoms with Gasteiger partial charge in [0.2, 0.25) is 27.8 Å². The molecule has 0 aliphatic carbocycles. The van der Waals surface area contributed by atoms with Crippen LogP contribution in [-0.4, -0.2) is 67.9 Å². The maximum absolute atomic E-state index is 12.9. The number of aliphatic hydroxyl groups is 1. The molecule has 0 spiro atoms. The number of nitrogens with zero attached hydrogens (tertiary/aromatic N) is 2. The molecule has 0 unspecified atom stereocenters. The second-order valence-electron chi connectivity index (χ2n) is 10.5. The highest BCUT2D eigenvalue weighted by Gasteiger charge is 2.31. The number of carbonyl (C=O) groups is 3. The Kier molecular flexibility index (Phi) is 15.0. The van der Waals surface area contributed by atoms with Crippen molar-refractivity contribution in [3.05, 3.63) is 77.8 Å². The van der Waals surface area contributed by atoms with E-state index in [1.165, 1.54) is 26.1 Å². The smallest absolute Gasteiger partial charge is 0.337 e. The van der Waals surface area contributed by atoms with Crippen LogP contribution in [0.3, 0.4) is 0 Å². The number of hydrogen-bond acceptors (Lipinski definition) is 8. The van der Waals surface area contributed by atoms with Crippen molar-refractivity contribution in [3.63, 3.8) is 0 Å². The summed E-state index contributed by atoms with van der Waals surface area (Å²) in [7, 11) is -2.66. The van der Waals surface area contributed by atoms with E-state index in [-0.39, 0.29) is 12.5 Å². The van der Waals surface area contributed by atoms with E-state index >= 15 is 0 Å². The third-order valence-electron chi connectivity index (χ3n) is 5.89. The minimum Gasteiger partial charge on any atom is -0.394 e. The normalized spacial score (nSPS) is 13.0. The molecule has 0 saturated carbocycles. The number of sulfonamides is 1. The van der Waals surface area contributed by atoms with Crippen molar-refractivity contribution in [2.75, 3.05) is 13.7 Å². The Balaban J connectivity index is 0.00000474. The summed E-state index contributed by atoms with van der Waals surface area (Å²) in [5.74, 6) is -2.32. The van der Waals surface area contributed by atoms with Gasteiger partial charge in [0.25, 0.3) is 0 Å². The number of hydroxylamine groups is 1. The second-order valence-corrected chi connectivity index (χ2v) is 12.7. The largest absolute Gasteiger partial charge is 0.394 e. The summed E-state index contributed by atoms with van der Waals surface area (Å²) in [5, 5.41) is 12.9. The summed E-state index contributed by atoms with van der Waals surface area (Å²) < 4.78 is 27.4. The summed E-state index contributed by atoms with van der Waals surface area (Å²) in [4.78, 5) is 47.5. The van der Waals surface area contributed by atoms with Crippen LogP contribution in [0.4, 0.5) is 5.69 Å². The van der Waals surface area contributed by atoms with Crippen molar-refractivity contribution in [1.82, 2.24) is 20.4 Å². The number of likely N-dealkylation sites (N-methyl/N-ethyl adjacent to an activating group) is 1. The summed E-state index contributed by atoms with van der Waals surface area (Å²) in [6.07, 6.45) is 0. The van der Waals surface area contributed by atoms with Crippen LogP contribution in [0.15, 0.2) is 66.7 Å². The lowest BCUT2D eigenvalue weighted by molar-refractivity contribution is -0.157. The Morgan fingerprint density at radius 2 is 1.61 bits per heavy atom. The number of aliphatic imine (C=N–C) groups is 1. The van der Waals surface area contributed by atoms with Gasteiger partial charge >= 0.3 is 5.97 Å². The first kappa shape index (κ1) is 38.0. The van der Waals surface area contributed by atoms with E-state index in [0.717, 1.165) is 10.5 Å². The highest BCUT2D eigenvalue weighted by molar-refractivity contribution is 7.88. The number of rotatable bonds is 11. The van der Waals surface area contributed by atoms with Gasteiger partial charge in [0, 0.05) is 18.6 Å². The zero-order valence-corrected chi connectivity index (χ0v) is 27.0. The Hall–Kier alpha value is -3.98.